The van der Waals surface area contributed by atoms with Crippen LogP contribution in [0.4, 0.5) is 5.82 Å². The Morgan fingerprint density at radius 3 is 1.04 bits per heavy atom. The molecule has 0 aliphatic carbocycles. The summed E-state index contributed by atoms with van der Waals surface area (Å²) in [6.07, 6.45) is 23.4. The number of carbonyl (C=O) groups excluding carboxylic acids is 9. The number of nitrogens with two attached hydrogens (primary N) is 1. The van der Waals surface area contributed by atoms with Crippen molar-refractivity contribution in [1.29, 1.82) is 0 Å². The number of halogens is 1. The van der Waals surface area contributed by atoms with E-state index in [4.69, 9.17) is 49.1 Å². The second-order valence-electron chi connectivity index (χ2n) is 26.4. The molecule has 38 nitrogen and oxygen atoms in total. The first kappa shape index (κ1) is 96.0. The van der Waals surface area contributed by atoms with Crippen LogP contribution < -0.4 is 16.4 Å². The van der Waals surface area contributed by atoms with E-state index in [0.717, 1.165) is 3.70 Å². The molecule has 0 fully saturated rings. The highest BCUT2D eigenvalue weighted by molar-refractivity contribution is 14.1. The first-order chi connectivity index (χ1) is 59.1. The van der Waals surface area contributed by atoms with E-state index in [0.29, 0.717) is 94.9 Å². The lowest BCUT2D eigenvalue weighted by atomic mass is 10.0. The minimum absolute atomic E-state index is 0.00876. The molecular formula is C84H95IN16O22. The van der Waals surface area contributed by atoms with Gasteiger partial charge in [0.05, 0.1) is 114 Å². The summed E-state index contributed by atoms with van der Waals surface area (Å²) in [5.74, 6) is -5.07. The highest BCUT2D eigenvalue weighted by Gasteiger charge is 2.25. The summed E-state index contributed by atoms with van der Waals surface area (Å²) in [5, 5.41) is 42.4. The molecule has 2 amide bonds. The summed E-state index contributed by atoms with van der Waals surface area (Å²) in [7, 11) is 0. The summed E-state index contributed by atoms with van der Waals surface area (Å²) >= 11 is 2.16. The van der Waals surface area contributed by atoms with Gasteiger partial charge in [-0.25, -0.2) is 78.0 Å². The van der Waals surface area contributed by atoms with Crippen LogP contribution in [-0.4, -0.2) is 219 Å². The van der Waals surface area contributed by atoms with E-state index in [2.05, 4.69) is 68.1 Å². The number of rotatable bonds is 26. The number of esters is 7. The van der Waals surface area contributed by atoms with Crippen molar-refractivity contribution < 1.29 is 106 Å². The van der Waals surface area contributed by atoms with E-state index in [1.54, 1.807) is 169 Å². The van der Waals surface area contributed by atoms with Gasteiger partial charge in [0, 0.05) is 55.8 Å². The van der Waals surface area contributed by atoms with E-state index in [-0.39, 0.29) is 126 Å². The number of aromatic nitrogens is 13. The number of hydrogen-bond donors (Lipinski definition) is 7. The number of nitrogens with zero attached hydrogens (tertiary/aromatic N) is 13. The SMILES string of the molecule is CC(C)C[C@@H](CO)NC(=O)c1cccn2c(C(=O)O)cnc12.CCOC(=O)c1cccn2c(C(=O)OCC)cnc12.CCOC(=O)c1cccn2c(I)cnc12.CCOC(=O)c1cccn2ccnc12.CCOC(=O)c1cccnc1N.CCOC(=O)c1cnc2c(C(=O)N[C@H](CO)CC(C)C)cccn12.CCOC(=O)c1cnc2c(C(=O)O)cccn12. The van der Waals surface area contributed by atoms with Gasteiger partial charge in [-0.3, -0.25) is 31.6 Å². The molecule has 0 radical (unpaired) electrons. The zero-order valence-electron chi connectivity index (χ0n) is 69.2. The normalized spacial score (nSPS) is 11.1. The van der Waals surface area contributed by atoms with Crippen LogP contribution in [-0.2, 0) is 33.2 Å². The summed E-state index contributed by atoms with van der Waals surface area (Å²) < 4.78 is 44.7. The number of aliphatic hydroxyl groups is 2. The van der Waals surface area contributed by atoms with Crippen LogP contribution in [0.5, 0.6) is 0 Å². The molecule has 13 heterocycles. The van der Waals surface area contributed by atoms with Gasteiger partial charge in [-0.05, 0) is 181 Å². The van der Waals surface area contributed by atoms with Gasteiger partial charge in [0.2, 0.25) is 0 Å². The Labute approximate surface area is 717 Å². The number of aliphatic hydroxyl groups excluding tert-OH is 2. The molecule has 0 aliphatic rings. The van der Waals surface area contributed by atoms with Gasteiger partial charge in [-0.2, -0.15) is 0 Å². The van der Waals surface area contributed by atoms with Gasteiger partial charge in [0.15, 0.2) is 45.4 Å². The number of hydrogen-bond acceptors (Lipinski definition) is 28. The Hall–Kier alpha value is -14.1. The Balaban J connectivity index is 0.000000199. The van der Waals surface area contributed by atoms with E-state index in [9.17, 15) is 63.0 Å². The number of aromatic carboxylic acids is 2. The third-order valence-corrected chi connectivity index (χ3v) is 17.7. The number of carboxylic acids is 2. The van der Waals surface area contributed by atoms with E-state index in [1.165, 1.54) is 54.7 Å². The van der Waals surface area contributed by atoms with E-state index < -0.39 is 41.8 Å². The summed E-state index contributed by atoms with van der Waals surface area (Å²) in [6, 6.07) is 22.3. The second-order valence-corrected chi connectivity index (χ2v) is 27.5. The molecule has 2 atom stereocenters. The molecule has 0 unspecified atom stereocenters. The van der Waals surface area contributed by atoms with Crippen molar-refractivity contribution in [3.8, 4) is 0 Å². The Kier molecular flexibility index (Phi) is 37.2. The van der Waals surface area contributed by atoms with Crippen LogP contribution in [0.1, 0.15) is 203 Å². The van der Waals surface area contributed by atoms with Crippen molar-refractivity contribution >= 4 is 128 Å². The minimum Gasteiger partial charge on any atom is -0.478 e. The largest absolute Gasteiger partial charge is 0.478 e. The van der Waals surface area contributed by atoms with Gasteiger partial charge in [0.25, 0.3) is 11.8 Å². The molecule has 0 saturated carbocycles. The third-order valence-electron chi connectivity index (χ3n) is 16.9. The molecule has 39 heteroatoms. The van der Waals surface area contributed by atoms with E-state index >= 15 is 0 Å². The number of imidazole rings is 6. The molecule has 13 rings (SSSR count). The minimum atomic E-state index is -1.11. The fraction of sp³-hybridized carbons (Fsp3) is 0.310. The van der Waals surface area contributed by atoms with Crippen LogP contribution in [0.2, 0.25) is 0 Å². The molecule has 0 spiro atoms. The van der Waals surface area contributed by atoms with E-state index in [1.807, 2.05) is 50.6 Å². The Bertz CT molecular complexity index is 5830. The number of nitrogens with one attached hydrogen (secondary N) is 2. The maximum atomic E-state index is 12.5. The lowest BCUT2D eigenvalue weighted by Crippen LogP contribution is -2.38. The standard InChI is InChI=1S/C17H23N3O4.C15H19N3O4.C13H14N2O4.C11H10N2O4.C10H9IN2O2.C10H10N2O2.C8H10N2O2/c1-4-24-17(23)14-9-18-15-13(6-5-7-20(14)15)16(22)19-12(10-21)8-11(2)3;1-9(2)6-10(8-19)17-14(20)11-4-3-5-18-12(15(21)22)7-16-13(11)18;1-3-18-12(16)9-6-5-7-15-10(8-14-11(9)15)13(17)19-4-2;1-2-17-11(16)8-6-12-9-7(10(14)15)4-3-5-13(8)9;1-2-15-10(14)7-4-3-5-13-8(11)6-12-9(7)13;1-2-14-10(13)8-4-3-6-12-7-5-11-9(8)12;1-2-12-8(11)6-4-3-5-10-7(6)9/h5-7,9,11-12,21H,4,8,10H2,1-3H3,(H,19,22);3-5,7,9-10,19H,6,8H2,1-2H3,(H,17,20)(H,21,22);5-8H,3-4H2,1-2H3;3-6H,2H2,1H3,(H,14,15);3-6H,2H2,1H3;3-7H,2H2,1H3;3-5H,2H2,1H3,(H2,9,10)/t12-;10-;;;;;/m00...../s1. The van der Waals surface area contributed by atoms with Gasteiger partial charge < -0.3 is 74.4 Å². The van der Waals surface area contributed by atoms with Crippen molar-refractivity contribution in [3.63, 3.8) is 0 Å². The van der Waals surface area contributed by atoms with Gasteiger partial charge in [0.1, 0.15) is 48.6 Å². The number of nitrogen functional groups attached to an aromatic ring is 1. The number of carboxylic acid groups (broad SMARTS) is 2. The van der Waals surface area contributed by atoms with Crippen LogP contribution in [0.15, 0.2) is 172 Å². The highest BCUT2D eigenvalue weighted by atomic mass is 127. The van der Waals surface area contributed by atoms with Crippen molar-refractivity contribution in [1.82, 2.24) is 71.9 Å². The van der Waals surface area contributed by atoms with Crippen LogP contribution >= 0.6 is 22.6 Å². The number of pyridine rings is 7. The zero-order chi connectivity index (χ0) is 90.0. The molecule has 8 N–H and O–H groups in total. The number of amides is 2. The second kappa shape index (κ2) is 47.6. The van der Waals surface area contributed by atoms with Crippen molar-refractivity contribution in [3.05, 3.63) is 237 Å². The number of fused-ring (bicyclic) bond motifs is 6. The Morgan fingerprint density at radius 1 is 0.358 bits per heavy atom. The molecule has 0 saturated heterocycles. The van der Waals surface area contributed by atoms with Crippen LogP contribution in [0, 0.1) is 15.5 Å². The summed E-state index contributed by atoms with van der Waals surface area (Å²) in [5.41, 5.74) is 11.0. The molecule has 0 bridgehead atoms. The molecule has 0 aromatic carbocycles. The first-order valence-electron chi connectivity index (χ1n) is 38.6. The monoisotopic (exact) mass is 1810 g/mol. The van der Waals surface area contributed by atoms with Crippen molar-refractivity contribution in [2.24, 2.45) is 11.8 Å². The quantitative estimate of drug-likeness (QED) is 0.0150. The molecule has 13 aromatic heterocycles. The maximum Gasteiger partial charge on any atom is 0.356 e. The topological polar surface area (TPSA) is 500 Å². The number of ether oxygens (including phenoxy) is 7. The maximum absolute atomic E-state index is 12.5. The summed E-state index contributed by atoms with van der Waals surface area (Å²) in [4.78, 5) is 156. The highest BCUT2D eigenvalue weighted by Crippen LogP contribution is 2.21. The average Bonchev–Trinajstić information content (AvgIpc) is 1.60. The van der Waals surface area contributed by atoms with Gasteiger partial charge in [-0.1, -0.05) is 27.7 Å². The number of carbonyl (C=O) groups is 11. The predicted octanol–water partition coefficient (Wildman–Crippen LogP) is 10.2. The van der Waals surface area contributed by atoms with Gasteiger partial charge >= 0.3 is 53.7 Å². The average molecular weight is 1810 g/mol. The van der Waals surface area contributed by atoms with Crippen molar-refractivity contribution in [2.45, 2.75) is 101 Å². The molecule has 123 heavy (non-hydrogen) atoms. The van der Waals surface area contributed by atoms with Crippen LogP contribution in [0.3, 0.4) is 0 Å². The molecular weight excluding hydrogens is 1710 g/mol. The fourth-order valence-electron chi connectivity index (χ4n) is 11.6. The molecule has 13 aromatic rings. The molecule has 650 valence electrons. The molecule has 0 aliphatic heterocycles. The lowest BCUT2D eigenvalue weighted by Gasteiger charge is -2.18. The Morgan fingerprint density at radius 2 is 0.667 bits per heavy atom. The number of anilines is 1. The van der Waals surface area contributed by atoms with Crippen molar-refractivity contribution in [2.75, 3.05) is 65.2 Å². The lowest BCUT2D eigenvalue weighted by molar-refractivity contribution is 0.0508. The first-order valence-corrected chi connectivity index (χ1v) is 39.7. The fourth-order valence-corrected chi connectivity index (χ4v) is 12.2. The predicted molar refractivity (Wildman–Crippen MR) is 454 cm³/mol. The summed E-state index contributed by atoms with van der Waals surface area (Å²) in [6.45, 7) is 22.1. The third kappa shape index (κ3) is 25.7. The van der Waals surface area contributed by atoms with Crippen LogP contribution in [0.25, 0.3) is 33.9 Å². The van der Waals surface area contributed by atoms with Gasteiger partial charge in [-0.15, -0.1) is 0 Å². The smallest absolute Gasteiger partial charge is 0.356 e. The zero-order valence-corrected chi connectivity index (χ0v) is 71.3.